The smallest absolute Gasteiger partial charge is 0.392 e. The summed E-state index contributed by atoms with van der Waals surface area (Å²) in [5, 5.41) is 0. The molecule has 1 rings (SSSR count). The molecule has 0 saturated heterocycles. The highest BCUT2D eigenvalue weighted by molar-refractivity contribution is 7.80. The molecule has 0 bridgehead atoms. The third kappa shape index (κ3) is 3.93. The Labute approximate surface area is 120 Å². The summed E-state index contributed by atoms with van der Waals surface area (Å²) in [7, 11) is 0. The van der Waals surface area contributed by atoms with Gasteiger partial charge in [0.2, 0.25) is 0 Å². The Morgan fingerprint density at radius 1 is 1.35 bits per heavy atom. The lowest BCUT2D eigenvalue weighted by molar-refractivity contribution is -0.138. The Balaban J connectivity index is 3.22. The molecule has 110 valence electrons. The molecular formula is C13H15F3N2OS. The minimum Gasteiger partial charge on any atom is -0.392 e. The first-order valence-electron chi connectivity index (χ1n) is 5.90. The quantitative estimate of drug-likeness (QED) is 0.870. The Morgan fingerprint density at radius 2 is 1.90 bits per heavy atom. The van der Waals surface area contributed by atoms with Gasteiger partial charge >= 0.3 is 6.18 Å². The van der Waals surface area contributed by atoms with Gasteiger partial charge in [-0.25, -0.2) is 0 Å². The normalized spacial score (nSPS) is 11.5. The maximum Gasteiger partial charge on any atom is 0.417 e. The number of thiocarbonyl (C=S) groups is 1. The second-order valence-electron chi connectivity index (χ2n) is 4.54. The number of halogens is 3. The Hall–Kier alpha value is -1.63. The molecule has 1 aromatic rings. The Morgan fingerprint density at radius 3 is 2.35 bits per heavy atom. The summed E-state index contributed by atoms with van der Waals surface area (Å²) in [6.45, 7) is 3.32. The van der Waals surface area contributed by atoms with Gasteiger partial charge in [0.1, 0.15) is 0 Å². The summed E-state index contributed by atoms with van der Waals surface area (Å²) in [6, 6.07) is 4.35. The van der Waals surface area contributed by atoms with Gasteiger partial charge in [-0.2, -0.15) is 13.2 Å². The van der Waals surface area contributed by atoms with Crippen LogP contribution in [-0.4, -0.2) is 28.4 Å². The zero-order valence-electron chi connectivity index (χ0n) is 11.1. The fourth-order valence-corrected chi connectivity index (χ4v) is 1.87. The fourth-order valence-electron chi connectivity index (χ4n) is 1.73. The van der Waals surface area contributed by atoms with Crippen molar-refractivity contribution in [3.05, 3.63) is 35.4 Å². The highest BCUT2D eigenvalue weighted by atomic mass is 32.1. The van der Waals surface area contributed by atoms with Gasteiger partial charge in [0.05, 0.1) is 22.7 Å². The molecular weight excluding hydrogens is 289 g/mol. The van der Waals surface area contributed by atoms with E-state index in [0.717, 1.165) is 12.1 Å². The lowest BCUT2D eigenvalue weighted by Gasteiger charge is -2.27. The van der Waals surface area contributed by atoms with Crippen molar-refractivity contribution >= 4 is 23.1 Å². The van der Waals surface area contributed by atoms with Gasteiger partial charge in [0.15, 0.2) is 0 Å². The average Bonchev–Trinajstić information content (AvgIpc) is 2.33. The van der Waals surface area contributed by atoms with Crippen LogP contribution in [-0.2, 0) is 6.18 Å². The van der Waals surface area contributed by atoms with Crippen LogP contribution in [0.2, 0.25) is 0 Å². The summed E-state index contributed by atoms with van der Waals surface area (Å²) in [5.41, 5.74) is 4.03. The van der Waals surface area contributed by atoms with Gasteiger partial charge in [0, 0.05) is 6.04 Å². The topological polar surface area (TPSA) is 46.3 Å². The number of rotatable bonds is 4. The number of nitrogens with two attached hydrogens (primary N) is 1. The number of benzene rings is 1. The van der Waals surface area contributed by atoms with E-state index in [2.05, 4.69) is 0 Å². The van der Waals surface area contributed by atoms with Gasteiger partial charge < -0.3 is 10.6 Å². The summed E-state index contributed by atoms with van der Waals surface area (Å²) in [4.78, 5) is 13.6. The van der Waals surface area contributed by atoms with E-state index in [4.69, 9.17) is 18.0 Å². The molecule has 0 aliphatic heterocycles. The predicted molar refractivity (Wildman–Crippen MR) is 74.4 cm³/mol. The largest absolute Gasteiger partial charge is 0.417 e. The monoisotopic (exact) mass is 304 g/mol. The molecule has 0 aliphatic carbocycles. The van der Waals surface area contributed by atoms with E-state index in [1.165, 1.54) is 17.0 Å². The van der Waals surface area contributed by atoms with Crippen LogP contribution in [0.3, 0.4) is 0 Å². The van der Waals surface area contributed by atoms with E-state index >= 15 is 0 Å². The molecule has 0 aromatic heterocycles. The van der Waals surface area contributed by atoms with E-state index in [-0.39, 0.29) is 17.6 Å². The lowest BCUT2D eigenvalue weighted by atomic mass is 10.1. The van der Waals surface area contributed by atoms with Gasteiger partial charge in [-0.15, -0.1) is 0 Å². The molecule has 7 heteroatoms. The predicted octanol–water partition coefficient (Wildman–Crippen LogP) is 2.84. The van der Waals surface area contributed by atoms with Crippen LogP contribution in [0.15, 0.2) is 24.3 Å². The summed E-state index contributed by atoms with van der Waals surface area (Å²) < 4.78 is 38.7. The Kier molecular flexibility index (Phi) is 5.10. The molecule has 0 heterocycles. The van der Waals surface area contributed by atoms with E-state index in [9.17, 15) is 18.0 Å². The molecule has 3 nitrogen and oxygen atoms in total. The standard InChI is InChI=1S/C13H15F3N2OS/c1-8(2)18(7-11(17)20)12(19)9-5-3-4-6-10(9)13(14,15)16/h3-6,8H,7H2,1-2H3,(H2,17,20). The maximum absolute atomic E-state index is 12.9. The summed E-state index contributed by atoms with van der Waals surface area (Å²) in [5.74, 6) is -0.735. The van der Waals surface area contributed by atoms with Crippen molar-refractivity contribution < 1.29 is 18.0 Å². The zero-order chi connectivity index (χ0) is 15.5. The number of alkyl halides is 3. The number of carbonyl (C=O) groups excluding carboxylic acids is 1. The van der Waals surface area contributed by atoms with Gasteiger partial charge in [-0.05, 0) is 26.0 Å². The molecule has 0 fully saturated rings. The molecule has 0 spiro atoms. The van der Waals surface area contributed by atoms with Crippen molar-refractivity contribution in [2.45, 2.75) is 26.1 Å². The van der Waals surface area contributed by atoms with Crippen LogP contribution in [0.1, 0.15) is 29.8 Å². The molecule has 1 aromatic carbocycles. The number of hydrogen-bond donors (Lipinski definition) is 1. The number of hydrogen-bond acceptors (Lipinski definition) is 2. The van der Waals surface area contributed by atoms with Gasteiger partial charge in [0.25, 0.3) is 5.91 Å². The van der Waals surface area contributed by atoms with Crippen LogP contribution < -0.4 is 5.73 Å². The van der Waals surface area contributed by atoms with Gasteiger partial charge in [-0.1, -0.05) is 24.4 Å². The van der Waals surface area contributed by atoms with E-state index in [0.29, 0.717) is 0 Å². The van der Waals surface area contributed by atoms with Gasteiger partial charge in [-0.3, -0.25) is 4.79 Å². The molecule has 0 radical (unpaired) electrons. The van der Waals surface area contributed by atoms with Crippen LogP contribution in [0, 0.1) is 0 Å². The fraction of sp³-hybridized carbons (Fsp3) is 0.385. The minimum absolute atomic E-state index is 0.0524. The SMILES string of the molecule is CC(C)N(CC(N)=S)C(=O)c1ccccc1C(F)(F)F. The second-order valence-corrected chi connectivity index (χ2v) is 5.06. The second kappa shape index (κ2) is 6.21. The van der Waals surface area contributed by atoms with Crippen molar-refractivity contribution in [1.29, 1.82) is 0 Å². The molecule has 2 N–H and O–H groups in total. The third-order valence-corrected chi connectivity index (χ3v) is 2.80. The lowest BCUT2D eigenvalue weighted by Crippen LogP contribution is -2.42. The van der Waals surface area contributed by atoms with E-state index < -0.39 is 23.2 Å². The summed E-state index contributed by atoms with van der Waals surface area (Å²) in [6.07, 6.45) is -4.59. The first-order chi connectivity index (χ1) is 9.14. The molecule has 0 unspecified atom stereocenters. The van der Waals surface area contributed by atoms with Crippen molar-refractivity contribution in [1.82, 2.24) is 4.90 Å². The van der Waals surface area contributed by atoms with Crippen LogP contribution in [0.5, 0.6) is 0 Å². The van der Waals surface area contributed by atoms with Crippen molar-refractivity contribution in [3.8, 4) is 0 Å². The third-order valence-electron chi connectivity index (χ3n) is 2.67. The molecule has 0 saturated carbocycles. The zero-order valence-corrected chi connectivity index (χ0v) is 11.9. The van der Waals surface area contributed by atoms with Crippen LogP contribution >= 0.6 is 12.2 Å². The highest BCUT2D eigenvalue weighted by Crippen LogP contribution is 2.32. The first kappa shape index (κ1) is 16.4. The number of carbonyl (C=O) groups is 1. The number of nitrogens with zero attached hydrogens (tertiary/aromatic N) is 1. The first-order valence-corrected chi connectivity index (χ1v) is 6.31. The minimum atomic E-state index is -4.59. The van der Waals surface area contributed by atoms with Crippen molar-refractivity contribution in [3.63, 3.8) is 0 Å². The summed E-state index contributed by atoms with van der Waals surface area (Å²) >= 11 is 4.73. The van der Waals surface area contributed by atoms with E-state index in [1.54, 1.807) is 13.8 Å². The average molecular weight is 304 g/mol. The van der Waals surface area contributed by atoms with Crippen LogP contribution in [0.4, 0.5) is 13.2 Å². The van der Waals surface area contributed by atoms with Crippen LogP contribution in [0.25, 0.3) is 0 Å². The molecule has 0 aliphatic rings. The van der Waals surface area contributed by atoms with Crippen molar-refractivity contribution in [2.75, 3.05) is 6.54 Å². The van der Waals surface area contributed by atoms with E-state index in [1.807, 2.05) is 0 Å². The molecule has 0 atom stereocenters. The molecule has 20 heavy (non-hydrogen) atoms. The highest BCUT2D eigenvalue weighted by Gasteiger charge is 2.36. The molecule has 1 amide bonds. The number of amides is 1. The van der Waals surface area contributed by atoms with Crippen molar-refractivity contribution in [2.24, 2.45) is 5.73 Å². The Bertz CT molecular complexity index is 515. The maximum atomic E-state index is 12.9.